The van der Waals surface area contributed by atoms with Crippen LogP contribution in [0.2, 0.25) is 0 Å². The van der Waals surface area contributed by atoms with Crippen molar-refractivity contribution < 1.29 is 10.3 Å². The molecule has 13 heavy (non-hydrogen) atoms. The predicted octanol–water partition coefficient (Wildman–Crippen LogP) is 1.91. The summed E-state index contributed by atoms with van der Waals surface area (Å²) in [6.45, 7) is 10.6. The van der Waals surface area contributed by atoms with Gasteiger partial charge in [-0.15, -0.1) is 0 Å². The molecule has 0 atom stereocenters. The largest absolute Gasteiger partial charge is 0.412 e. The molecule has 0 aliphatic carbocycles. The molecule has 0 aliphatic heterocycles. The van der Waals surface area contributed by atoms with E-state index in [-0.39, 0.29) is 5.48 Å². The van der Waals surface area contributed by atoms with Gasteiger partial charge in [0.15, 0.2) is 0 Å². The zero-order valence-electron chi connectivity index (χ0n) is 8.77. The number of carbonyl (C=O) groups excluding carboxylic acids is 1. The highest BCUT2D eigenvalue weighted by atomic mass is 16.1. The van der Waals surface area contributed by atoms with Gasteiger partial charge in [-0.25, -0.2) is 0 Å². The van der Waals surface area contributed by atoms with Gasteiger partial charge < -0.3 is 10.3 Å². The molecule has 0 fully saturated rings. The van der Waals surface area contributed by atoms with Crippen molar-refractivity contribution in [1.29, 1.82) is 0 Å². The van der Waals surface area contributed by atoms with Gasteiger partial charge in [0.2, 0.25) is 0 Å². The van der Waals surface area contributed by atoms with Crippen molar-refractivity contribution in [1.82, 2.24) is 0 Å². The fraction of sp³-hybridized carbons (Fsp3) is 0.364. The van der Waals surface area contributed by atoms with E-state index in [1.807, 2.05) is 6.79 Å². The lowest BCUT2D eigenvalue weighted by atomic mass is 10.0. The summed E-state index contributed by atoms with van der Waals surface area (Å²) in [6.07, 6.45) is 0. The van der Waals surface area contributed by atoms with Gasteiger partial charge in [0, 0.05) is 0 Å². The summed E-state index contributed by atoms with van der Waals surface area (Å²) in [5.74, 6) is 0. The van der Waals surface area contributed by atoms with Crippen LogP contribution in [0.3, 0.4) is 0 Å². The number of hydrogen-bond donors (Lipinski definition) is 0. The van der Waals surface area contributed by atoms with Gasteiger partial charge in [-0.05, 0) is 44.4 Å². The van der Waals surface area contributed by atoms with E-state index in [0.29, 0.717) is 0 Å². The molecule has 0 heterocycles. The fourth-order valence-corrected chi connectivity index (χ4v) is 1.25. The molecule has 0 saturated heterocycles. The van der Waals surface area contributed by atoms with E-state index in [0.717, 1.165) is 0 Å². The number of carbonyl (C=O) groups is 1. The lowest BCUT2D eigenvalue weighted by molar-refractivity contribution is -0.0979. The second kappa shape index (κ2) is 6.38. The van der Waals surface area contributed by atoms with Crippen LogP contribution in [-0.2, 0) is 4.79 Å². The third kappa shape index (κ3) is 3.85. The zero-order chi connectivity index (χ0) is 9.72. The lowest BCUT2D eigenvalue weighted by Gasteiger charge is -2.04. The molecule has 2 N–H and O–H groups in total. The molecule has 0 saturated carbocycles. The lowest BCUT2D eigenvalue weighted by Crippen LogP contribution is -1.86. The maximum atomic E-state index is 8.00. The van der Waals surface area contributed by atoms with Gasteiger partial charge in [-0.2, -0.15) is 0 Å². The van der Waals surface area contributed by atoms with Gasteiger partial charge in [-0.1, -0.05) is 17.7 Å². The van der Waals surface area contributed by atoms with Crippen LogP contribution in [0.15, 0.2) is 12.1 Å². The van der Waals surface area contributed by atoms with E-state index in [4.69, 9.17) is 4.79 Å². The molecule has 0 amide bonds. The van der Waals surface area contributed by atoms with Crippen LogP contribution < -0.4 is 0 Å². The van der Waals surface area contributed by atoms with Crippen molar-refractivity contribution in [3.63, 3.8) is 0 Å². The third-order valence-electron chi connectivity index (χ3n) is 2.07. The number of aryl methyl sites for hydroxylation is 3. The van der Waals surface area contributed by atoms with Crippen molar-refractivity contribution in [2.24, 2.45) is 0 Å². The first kappa shape index (κ1) is 14.4. The Hall–Kier alpha value is -1.15. The first-order valence-electron chi connectivity index (χ1n) is 3.94. The van der Waals surface area contributed by atoms with Crippen molar-refractivity contribution in [2.75, 3.05) is 0 Å². The summed E-state index contributed by atoms with van der Waals surface area (Å²) >= 11 is 0. The maximum Gasteiger partial charge on any atom is 0.106 e. The van der Waals surface area contributed by atoms with Crippen LogP contribution in [0.5, 0.6) is 0 Å². The Balaban J connectivity index is 0. The van der Waals surface area contributed by atoms with Gasteiger partial charge >= 0.3 is 0 Å². The van der Waals surface area contributed by atoms with Crippen molar-refractivity contribution >= 4 is 6.79 Å². The molecule has 2 heteroatoms. The Morgan fingerprint density at radius 3 is 1.54 bits per heavy atom. The summed E-state index contributed by atoms with van der Waals surface area (Å²) < 4.78 is 0. The molecule has 0 radical (unpaired) electrons. The second-order valence-electron chi connectivity index (χ2n) is 3.02. The third-order valence-corrected chi connectivity index (χ3v) is 2.07. The minimum Gasteiger partial charge on any atom is -0.412 e. The maximum absolute atomic E-state index is 8.00. The van der Waals surface area contributed by atoms with Crippen LogP contribution >= 0.6 is 0 Å². The van der Waals surface area contributed by atoms with E-state index >= 15 is 0 Å². The molecule has 0 unspecified atom stereocenters. The first-order valence-corrected chi connectivity index (χ1v) is 3.94. The standard InChI is InChI=1S/C10H14.CH2O.H2O/c1-7-5-8(2)10(4)9(3)6-7;1-2;/h5-6H,1-4H3;1H2;1H2. The van der Waals surface area contributed by atoms with Crippen molar-refractivity contribution in [2.45, 2.75) is 27.7 Å². The number of benzene rings is 1. The summed E-state index contributed by atoms with van der Waals surface area (Å²) in [7, 11) is 0. The SMILES string of the molecule is C=O.Cc1cc(C)c(C)c(C)c1.O. The molecule has 1 aromatic rings. The Morgan fingerprint density at radius 2 is 1.23 bits per heavy atom. The molecule has 0 bridgehead atoms. The van der Waals surface area contributed by atoms with E-state index in [1.54, 1.807) is 0 Å². The summed E-state index contributed by atoms with van der Waals surface area (Å²) in [5, 5.41) is 0. The van der Waals surface area contributed by atoms with Crippen LogP contribution in [0.4, 0.5) is 0 Å². The van der Waals surface area contributed by atoms with Crippen LogP contribution in [0.1, 0.15) is 22.3 Å². The summed E-state index contributed by atoms with van der Waals surface area (Å²) in [4.78, 5) is 8.00. The molecular formula is C11H18O2. The molecule has 0 aliphatic rings. The summed E-state index contributed by atoms with van der Waals surface area (Å²) in [6, 6.07) is 4.45. The number of hydrogen-bond acceptors (Lipinski definition) is 1. The molecule has 1 aromatic carbocycles. The topological polar surface area (TPSA) is 48.6 Å². The normalized spacial score (nSPS) is 8.00. The van der Waals surface area contributed by atoms with E-state index in [1.165, 1.54) is 22.3 Å². The fourth-order valence-electron chi connectivity index (χ4n) is 1.25. The smallest absolute Gasteiger partial charge is 0.106 e. The summed E-state index contributed by atoms with van der Waals surface area (Å²) in [5.41, 5.74) is 5.58. The molecule has 0 aromatic heterocycles. The average Bonchev–Trinajstić information content (AvgIpc) is 2.04. The van der Waals surface area contributed by atoms with Gasteiger partial charge in [0.1, 0.15) is 6.79 Å². The van der Waals surface area contributed by atoms with Gasteiger partial charge in [0.25, 0.3) is 0 Å². The number of rotatable bonds is 0. The highest BCUT2D eigenvalue weighted by Gasteiger charge is 1.95. The van der Waals surface area contributed by atoms with Crippen molar-refractivity contribution in [3.05, 3.63) is 34.4 Å². The molecule has 2 nitrogen and oxygen atoms in total. The minimum atomic E-state index is 0. The Morgan fingerprint density at radius 1 is 0.923 bits per heavy atom. The van der Waals surface area contributed by atoms with Gasteiger partial charge in [0.05, 0.1) is 0 Å². The highest BCUT2D eigenvalue weighted by molar-refractivity contribution is 5.35. The van der Waals surface area contributed by atoms with Crippen LogP contribution in [0.25, 0.3) is 0 Å². The Bertz CT molecular complexity index is 244. The van der Waals surface area contributed by atoms with E-state index in [2.05, 4.69) is 39.8 Å². The zero-order valence-corrected chi connectivity index (χ0v) is 8.77. The van der Waals surface area contributed by atoms with E-state index in [9.17, 15) is 0 Å². The monoisotopic (exact) mass is 182 g/mol. The van der Waals surface area contributed by atoms with Gasteiger partial charge in [-0.3, -0.25) is 0 Å². The van der Waals surface area contributed by atoms with E-state index < -0.39 is 0 Å². The Labute approximate surface area is 79.9 Å². The first-order chi connectivity index (χ1) is 5.61. The highest BCUT2D eigenvalue weighted by Crippen LogP contribution is 2.13. The Kier molecular flexibility index (Phi) is 7.05. The predicted molar refractivity (Wildman–Crippen MR) is 56.1 cm³/mol. The van der Waals surface area contributed by atoms with Crippen LogP contribution in [-0.4, -0.2) is 12.3 Å². The minimum absolute atomic E-state index is 0. The van der Waals surface area contributed by atoms with Crippen LogP contribution in [0, 0.1) is 27.7 Å². The molecule has 0 spiro atoms. The molecular weight excluding hydrogens is 164 g/mol. The molecule has 74 valence electrons. The molecule has 1 rings (SSSR count). The average molecular weight is 182 g/mol. The second-order valence-corrected chi connectivity index (χ2v) is 3.02. The van der Waals surface area contributed by atoms with Crippen molar-refractivity contribution in [3.8, 4) is 0 Å². The quantitative estimate of drug-likeness (QED) is 0.604.